The molecule has 2 aromatic carbocycles. The number of rotatable bonds is 3. The van der Waals surface area contributed by atoms with Gasteiger partial charge < -0.3 is 10.6 Å². The van der Waals surface area contributed by atoms with Crippen LogP contribution in [0.4, 0.5) is 28.9 Å². The summed E-state index contributed by atoms with van der Waals surface area (Å²) in [5.74, 6) is -2.58. The predicted octanol–water partition coefficient (Wildman–Crippen LogP) is 4.71. The highest BCUT2D eigenvalue weighted by Gasteiger charge is 2.34. The van der Waals surface area contributed by atoms with E-state index in [0.717, 1.165) is 25.1 Å². The smallest absolute Gasteiger partial charge is 0.326 e. The predicted molar refractivity (Wildman–Crippen MR) is 85.1 cm³/mol. The van der Waals surface area contributed by atoms with Crippen LogP contribution in [0.25, 0.3) is 0 Å². The van der Waals surface area contributed by atoms with Crippen LogP contribution in [0, 0.1) is 5.82 Å². The third-order valence-electron chi connectivity index (χ3n) is 3.07. The van der Waals surface area contributed by atoms with Crippen LogP contribution in [0.5, 0.6) is 0 Å². The van der Waals surface area contributed by atoms with Gasteiger partial charge in [-0.2, -0.15) is 13.2 Å². The van der Waals surface area contributed by atoms with Gasteiger partial charge in [-0.05, 0) is 36.4 Å². The van der Waals surface area contributed by atoms with Gasteiger partial charge in [-0.15, -0.1) is 0 Å². The summed E-state index contributed by atoms with van der Waals surface area (Å²) in [6.45, 7) is 1.15. The van der Waals surface area contributed by atoms with Crippen molar-refractivity contribution in [1.82, 2.24) is 0 Å². The standard InChI is InChI=1S/C16H11ClF4N2O2/c1-8(24)22-10-3-5-14(12(7-10)16(19,20)21)23-15(25)11-4-2-9(17)6-13(11)18/h2-7H,1H3,(H,22,24)(H,23,25). The highest BCUT2D eigenvalue weighted by molar-refractivity contribution is 6.30. The second-order valence-electron chi connectivity index (χ2n) is 5.02. The van der Waals surface area contributed by atoms with E-state index < -0.39 is 40.6 Å². The molecule has 0 aliphatic rings. The number of anilines is 2. The average molecular weight is 375 g/mol. The summed E-state index contributed by atoms with van der Waals surface area (Å²) in [5, 5.41) is 4.28. The van der Waals surface area contributed by atoms with Gasteiger partial charge in [0.05, 0.1) is 16.8 Å². The Balaban J connectivity index is 2.37. The lowest BCUT2D eigenvalue weighted by Crippen LogP contribution is -2.18. The molecular weight excluding hydrogens is 364 g/mol. The molecule has 4 nitrogen and oxygen atoms in total. The molecule has 0 radical (unpaired) electrons. The minimum absolute atomic E-state index is 0.0460. The second-order valence-corrected chi connectivity index (χ2v) is 5.45. The largest absolute Gasteiger partial charge is 0.418 e. The molecule has 132 valence electrons. The van der Waals surface area contributed by atoms with Crippen molar-refractivity contribution in [2.45, 2.75) is 13.1 Å². The van der Waals surface area contributed by atoms with E-state index in [-0.39, 0.29) is 10.7 Å². The molecule has 0 unspecified atom stereocenters. The molecule has 2 rings (SSSR count). The maximum atomic E-state index is 13.7. The van der Waals surface area contributed by atoms with Crippen molar-refractivity contribution in [3.05, 3.63) is 58.4 Å². The van der Waals surface area contributed by atoms with Gasteiger partial charge in [0.25, 0.3) is 5.91 Å². The molecule has 0 aliphatic carbocycles. The van der Waals surface area contributed by atoms with Crippen molar-refractivity contribution >= 4 is 34.8 Å². The molecule has 0 saturated carbocycles. The fourth-order valence-electron chi connectivity index (χ4n) is 2.03. The Morgan fingerprint density at radius 2 is 1.72 bits per heavy atom. The van der Waals surface area contributed by atoms with Gasteiger partial charge in [-0.25, -0.2) is 4.39 Å². The zero-order valence-electron chi connectivity index (χ0n) is 12.7. The Labute approximate surface area is 144 Å². The molecule has 9 heteroatoms. The zero-order chi connectivity index (χ0) is 18.8. The maximum absolute atomic E-state index is 13.7. The van der Waals surface area contributed by atoms with E-state index >= 15 is 0 Å². The topological polar surface area (TPSA) is 58.2 Å². The quantitative estimate of drug-likeness (QED) is 0.764. The third-order valence-corrected chi connectivity index (χ3v) is 3.30. The van der Waals surface area contributed by atoms with E-state index in [2.05, 4.69) is 5.32 Å². The normalized spacial score (nSPS) is 11.1. The average Bonchev–Trinajstić information content (AvgIpc) is 2.47. The Hall–Kier alpha value is -2.61. The molecule has 0 atom stereocenters. The first-order valence-corrected chi connectivity index (χ1v) is 7.21. The first-order chi connectivity index (χ1) is 11.6. The minimum Gasteiger partial charge on any atom is -0.326 e. The van der Waals surface area contributed by atoms with Crippen molar-refractivity contribution in [3.63, 3.8) is 0 Å². The van der Waals surface area contributed by atoms with Crippen molar-refractivity contribution in [3.8, 4) is 0 Å². The Bertz CT molecular complexity index is 837. The van der Waals surface area contributed by atoms with E-state index in [4.69, 9.17) is 11.6 Å². The molecule has 0 aromatic heterocycles. The molecule has 2 N–H and O–H groups in total. The van der Waals surface area contributed by atoms with Crippen LogP contribution in [-0.2, 0) is 11.0 Å². The number of hydrogen-bond acceptors (Lipinski definition) is 2. The highest BCUT2D eigenvalue weighted by atomic mass is 35.5. The van der Waals surface area contributed by atoms with Crippen LogP contribution >= 0.6 is 11.6 Å². The Morgan fingerprint density at radius 1 is 1.04 bits per heavy atom. The fraction of sp³-hybridized carbons (Fsp3) is 0.125. The molecule has 2 aromatic rings. The number of carbonyl (C=O) groups excluding carboxylic acids is 2. The van der Waals surface area contributed by atoms with Crippen LogP contribution in [0.1, 0.15) is 22.8 Å². The lowest BCUT2D eigenvalue weighted by atomic mass is 10.1. The molecule has 0 bridgehead atoms. The molecule has 0 heterocycles. The fourth-order valence-corrected chi connectivity index (χ4v) is 2.19. The first kappa shape index (κ1) is 18.7. The number of benzene rings is 2. The molecule has 0 spiro atoms. The van der Waals surface area contributed by atoms with Gasteiger partial charge in [-0.3, -0.25) is 9.59 Å². The highest BCUT2D eigenvalue weighted by Crippen LogP contribution is 2.37. The minimum atomic E-state index is -4.80. The molecule has 0 fully saturated rings. The van der Waals surface area contributed by atoms with Gasteiger partial charge >= 0.3 is 6.18 Å². The third kappa shape index (κ3) is 4.69. The van der Waals surface area contributed by atoms with Crippen molar-refractivity contribution < 1.29 is 27.2 Å². The van der Waals surface area contributed by atoms with E-state index in [1.54, 1.807) is 0 Å². The summed E-state index contributed by atoms with van der Waals surface area (Å²) in [6.07, 6.45) is -4.80. The van der Waals surface area contributed by atoms with Gasteiger partial charge in [0.1, 0.15) is 5.82 Å². The van der Waals surface area contributed by atoms with Gasteiger partial charge in [0.2, 0.25) is 5.91 Å². The van der Waals surface area contributed by atoms with Crippen molar-refractivity contribution in [1.29, 1.82) is 0 Å². The summed E-state index contributed by atoms with van der Waals surface area (Å²) < 4.78 is 53.3. The van der Waals surface area contributed by atoms with Crippen LogP contribution in [0.3, 0.4) is 0 Å². The van der Waals surface area contributed by atoms with E-state index in [1.165, 1.54) is 12.1 Å². The summed E-state index contributed by atoms with van der Waals surface area (Å²) >= 11 is 5.57. The monoisotopic (exact) mass is 374 g/mol. The molecule has 25 heavy (non-hydrogen) atoms. The zero-order valence-corrected chi connectivity index (χ0v) is 13.4. The van der Waals surface area contributed by atoms with E-state index in [0.29, 0.717) is 6.07 Å². The first-order valence-electron chi connectivity index (χ1n) is 6.83. The summed E-state index contributed by atoms with van der Waals surface area (Å²) in [7, 11) is 0. The van der Waals surface area contributed by atoms with Crippen LogP contribution in [0.15, 0.2) is 36.4 Å². The van der Waals surface area contributed by atoms with Gasteiger partial charge in [0.15, 0.2) is 0 Å². The maximum Gasteiger partial charge on any atom is 0.418 e. The number of hydrogen-bond donors (Lipinski definition) is 2. The van der Waals surface area contributed by atoms with Crippen molar-refractivity contribution in [2.75, 3.05) is 10.6 Å². The number of halogens is 5. The number of carbonyl (C=O) groups is 2. The number of amides is 2. The SMILES string of the molecule is CC(=O)Nc1ccc(NC(=O)c2ccc(Cl)cc2F)c(C(F)(F)F)c1. The molecule has 0 saturated heterocycles. The number of nitrogens with one attached hydrogen (secondary N) is 2. The van der Waals surface area contributed by atoms with Gasteiger partial charge in [-0.1, -0.05) is 11.6 Å². The number of alkyl halides is 3. The molecule has 0 aliphatic heterocycles. The van der Waals surface area contributed by atoms with Crippen LogP contribution < -0.4 is 10.6 Å². The summed E-state index contributed by atoms with van der Waals surface area (Å²) in [6, 6.07) is 6.01. The summed E-state index contributed by atoms with van der Waals surface area (Å²) in [5.41, 5.74) is -2.29. The summed E-state index contributed by atoms with van der Waals surface area (Å²) in [4.78, 5) is 23.0. The Kier molecular flexibility index (Phi) is 5.32. The van der Waals surface area contributed by atoms with Gasteiger partial charge in [0, 0.05) is 17.6 Å². The van der Waals surface area contributed by atoms with E-state index in [9.17, 15) is 27.2 Å². The van der Waals surface area contributed by atoms with Crippen LogP contribution in [-0.4, -0.2) is 11.8 Å². The van der Waals surface area contributed by atoms with E-state index in [1.807, 2.05) is 5.32 Å². The van der Waals surface area contributed by atoms with Crippen LogP contribution in [0.2, 0.25) is 5.02 Å². The molecular formula is C16H11ClF4N2O2. The molecule has 2 amide bonds. The lowest BCUT2D eigenvalue weighted by Gasteiger charge is -2.15. The lowest BCUT2D eigenvalue weighted by molar-refractivity contribution is -0.137. The second kappa shape index (κ2) is 7.10. The van der Waals surface area contributed by atoms with Crippen molar-refractivity contribution in [2.24, 2.45) is 0 Å². The Morgan fingerprint density at radius 3 is 2.28 bits per heavy atom.